The summed E-state index contributed by atoms with van der Waals surface area (Å²) in [5.41, 5.74) is 7.66. The number of hydrogen-bond acceptors (Lipinski definition) is 3. The first kappa shape index (κ1) is 15.1. The number of benzene rings is 2. The minimum Gasteiger partial charge on any atom is -0.398 e. The Labute approximate surface area is 124 Å². The predicted molar refractivity (Wildman–Crippen MR) is 83.9 cm³/mol. The molecule has 4 N–H and O–H groups in total. The molecule has 0 bridgehead atoms. The van der Waals surface area contributed by atoms with E-state index in [2.05, 4.69) is 5.32 Å². The highest BCUT2D eigenvalue weighted by molar-refractivity contribution is 5.99. The number of hydrogen-bond donors (Lipinski definition) is 3. The van der Waals surface area contributed by atoms with Crippen LogP contribution in [-0.4, -0.2) is 17.6 Å². The molecule has 0 aliphatic heterocycles. The van der Waals surface area contributed by atoms with Crippen molar-refractivity contribution in [2.24, 2.45) is 0 Å². The van der Waals surface area contributed by atoms with Gasteiger partial charge in [0.1, 0.15) is 0 Å². The summed E-state index contributed by atoms with van der Waals surface area (Å²) in [5.74, 6) is -0.295. The van der Waals surface area contributed by atoms with Crippen LogP contribution in [-0.2, 0) is 5.54 Å². The fourth-order valence-electron chi connectivity index (χ4n) is 2.19. The number of carbonyl (C=O) groups excluding carboxylic acids is 1. The van der Waals surface area contributed by atoms with Crippen LogP contribution in [0.1, 0.15) is 28.4 Å². The average Bonchev–Trinajstić information content (AvgIpc) is 2.50. The molecule has 0 aliphatic carbocycles. The summed E-state index contributed by atoms with van der Waals surface area (Å²) < 4.78 is 0. The lowest BCUT2D eigenvalue weighted by atomic mass is 9.92. The van der Waals surface area contributed by atoms with Gasteiger partial charge in [0.25, 0.3) is 5.91 Å². The smallest absolute Gasteiger partial charge is 0.254 e. The lowest BCUT2D eigenvalue weighted by molar-refractivity contribution is 0.0850. The minimum atomic E-state index is -0.853. The van der Waals surface area contributed by atoms with Gasteiger partial charge in [0.2, 0.25) is 0 Å². The molecule has 4 nitrogen and oxygen atoms in total. The number of nitrogens with two attached hydrogens (primary N) is 1. The molecule has 0 spiro atoms. The van der Waals surface area contributed by atoms with Crippen LogP contribution in [0.2, 0.25) is 0 Å². The molecule has 1 atom stereocenters. The first-order valence-electron chi connectivity index (χ1n) is 6.81. The molecular formula is C17H20N2O2. The van der Waals surface area contributed by atoms with Gasteiger partial charge in [-0.3, -0.25) is 4.79 Å². The van der Waals surface area contributed by atoms with Crippen LogP contribution in [0.25, 0.3) is 0 Å². The largest absolute Gasteiger partial charge is 0.398 e. The van der Waals surface area contributed by atoms with Crippen LogP contribution in [0.5, 0.6) is 0 Å². The monoisotopic (exact) mass is 284 g/mol. The summed E-state index contributed by atoms with van der Waals surface area (Å²) in [7, 11) is 0. The van der Waals surface area contributed by atoms with Crippen molar-refractivity contribution in [3.05, 3.63) is 65.2 Å². The molecule has 0 aliphatic rings. The van der Waals surface area contributed by atoms with Crippen molar-refractivity contribution in [3.8, 4) is 0 Å². The van der Waals surface area contributed by atoms with Gasteiger partial charge in [0, 0.05) is 5.69 Å². The lowest BCUT2D eigenvalue weighted by Crippen LogP contribution is -2.46. The Balaban J connectivity index is 2.30. The van der Waals surface area contributed by atoms with Gasteiger partial charge in [0.05, 0.1) is 17.7 Å². The van der Waals surface area contributed by atoms with E-state index in [1.807, 2.05) is 43.3 Å². The fraction of sp³-hybridized carbons (Fsp3) is 0.235. The summed E-state index contributed by atoms with van der Waals surface area (Å²) in [6.07, 6.45) is 0. The van der Waals surface area contributed by atoms with Gasteiger partial charge in [-0.2, -0.15) is 0 Å². The molecule has 2 rings (SSSR count). The Morgan fingerprint density at radius 3 is 2.52 bits per heavy atom. The highest BCUT2D eigenvalue weighted by Gasteiger charge is 2.28. The molecule has 0 saturated carbocycles. The molecule has 110 valence electrons. The third kappa shape index (κ3) is 3.23. The lowest BCUT2D eigenvalue weighted by Gasteiger charge is -2.29. The number of rotatable bonds is 4. The van der Waals surface area contributed by atoms with E-state index in [0.29, 0.717) is 11.3 Å². The zero-order valence-electron chi connectivity index (χ0n) is 12.3. The van der Waals surface area contributed by atoms with Crippen LogP contribution in [0.4, 0.5) is 5.69 Å². The zero-order chi connectivity index (χ0) is 15.5. The van der Waals surface area contributed by atoms with E-state index in [0.717, 1.165) is 11.1 Å². The molecule has 0 aromatic heterocycles. The van der Waals surface area contributed by atoms with Gasteiger partial charge in [-0.1, -0.05) is 42.0 Å². The first-order valence-corrected chi connectivity index (χ1v) is 6.81. The summed E-state index contributed by atoms with van der Waals surface area (Å²) in [5, 5.41) is 12.6. The van der Waals surface area contributed by atoms with Crippen molar-refractivity contribution in [1.29, 1.82) is 0 Å². The second-order valence-electron chi connectivity index (χ2n) is 5.40. The summed E-state index contributed by atoms with van der Waals surface area (Å²) >= 11 is 0. The molecule has 2 aromatic rings. The van der Waals surface area contributed by atoms with E-state index in [4.69, 9.17) is 5.73 Å². The molecule has 4 heteroatoms. The topological polar surface area (TPSA) is 75.4 Å². The summed E-state index contributed by atoms with van der Waals surface area (Å²) in [4.78, 5) is 12.5. The predicted octanol–water partition coefficient (Wildman–Crippen LogP) is 2.21. The van der Waals surface area contributed by atoms with E-state index in [-0.39, 0.29) is 12.5 Å². The van der Waals surface area contributed by atoms with Crippen LogP contribution >= 0.6 is 0 Å². The molecule has 0 saturated heterocycles. The number of aryl methyl sites for hydroxylation is 1. The SMILES string of the molecule is Cc1ccc(N)c(C(=O)NC(C)(CO)c2ccccc2)c1. The highest BCUT2D eigenvalue weighted by atomic mass is 16.3. The number of anilines is 1. The van der Waals surface area contributed by atoms with Crippen LogP contribution in [0.3, 0.4) is 0 Å². The Kier molecular flexibility index (Phi) is 4.29. The normalized spacial score (nSPS) is 13.5. The molecule has 21 heavy (non-hydrogen) atoms. The van der Waals surface area contributed by atoms with Crippen molar-refractivity contribution in [1.82, 2.24) is 5.32 Å². The number of nitrogens with one attached hydrogen (secondary N) is 1. The van der Waals surface area contributed by atoms with Crippen molar-refractivity contribution in [3.63, 3.8) is 0 Å². The molecule has 0 radical (unpaired) electrons. The van der Waals surface area contributed by atoms with E-state index in [1.54, 1.807) is 19.1 Å². The Bertz CT molecular complexity index is 640. The van der Waals surface area contributed by atoms with Crippen molar-refractivity contribution >= 4 is 11.6 Å². The number of amides is 1. The number of carbonyl (C=O) groups is 1. The highest BCUT2D eigenvalue weighted by Crippen LogP contribution is 2.22. The van der Waals surface area contributed by atoms with Gasteiger partial charge >= 0.3 is 0 Å². The number of aliphatic hydroxyl groups is 1. The van der Waals surface area contributed by atoms with Gasteiger partial charge in [-0.25, -0.2) is 0 Å². The molecule has 1 unspecified atom stereocenters. The molecule has 0 heterocycles. The van der Waals surface area contributed by atoms with Gasteiger partial charge in [0.15, 0.2) is 0 Å². The Morgan fingerprint density at radius 2 is 1.90 bits per heavy atom. The van der Waals surface area contributed by atoms with E-state index >= 15 is 0 Å². The minimum absolute atomic E-state index is 0.200. The molecule has 2 aromatic carbocycles. The maximum Gasteiger partial charge on any atom is 0.254 e. The number of aliphatic hydroxyl groups excluding tert-OH is 1. The Morgan fingerprint density at radius 1 is 1.24 bits per heavy atom. The zero-order valence-corrected chi connectivity index (χ0v) is 12.3. The van der Waals surface area contributed by atoms with Gasteiger partial charge < -0.3 is 16.2 Å². The second kappa shape index (κ2) is 5.97. The van der Waals surface area contributed by atoms with Crippen molar-refractivity contribution < 1.29 is 9.90 Å². The van der Waals surface area contributed by atoms with Gasteiger partial charge in [-0.15, -0.1) is 0 Å². The maximum atomic E-state index is 12.5. The summed E-state index contributed by atoms with van der Waals surface area (Å²) in [6.45, 7) is 3.49. The molecule has 1 amide bonds. The molecular weight excluding hydrogens is 264 g/mol. The maximum absolute atomic E-state index is 12.5. The van der Waals surface area contributed by atoms with Crippen LogP contribution in [0, 0.1) is 6.92 Å². The third-order valence-electron chi connectivity index (χ3n) is 3.57. The summed E-state index contributed by atoms with van der Waals surface area (Å²) in [6, 6.07) is 14.7. The standard InChI is InChI=1S/C17H20N2O2/c1-12-8-9-15(18)14(10-12)16(21)19-17(2,11-20)13-6-4-3-5-7-13/h3-10,20H,11,18H2,1-2H3,(H,19,21). The van der Waals surface area contributed by atoms with E-state index in [1.165, 1.54) is 0 Å². The van der Waals surface area contributed by atoms with Crippen molar-refractivity contribution in [2.75, 3.05) is 12.3 Å². The van der Waals surface area contributed by atoms with E-state index in [9.17, 15) is 9.90 Å². The first-order chi connectivity index (χ1) is 9.96. The van der Waals surface area contributed by atoms with Crippen LogP contribution < -0.4 is 11.1 Å². The third-order valence-corrected chi connectivity index (χ3v) is 3.57. The fourth-order valence-corrected chi connectivity index (χ4v) is 2.19. The molecule has 0 fully saturated rings. The number of nitrogen functional groups attached to an aromatic ring is 1. The van der Waals surface area contributed by atoms with E-state index < -0.39 is 5.54 Å². The van der Waals surface area contributed by atoms with Gasteiger partial charge in [-0.05, 0) is 31.5 Å². The van der Waals surface area contributed by atoms with Crippen molar-refractivity contribution in [2.45, 2.75) is 19.4 Å². The quantitative estimate of drug-likeness (QED) is 0.754. The van der Waals surface area contributed by atoms with Crippen LogP contribution in [0.15, 0.2) is 48.5 Å². The second-order valence-corrected chi connectivity index (χ2v) is 5.40. The Hall–Kier alpha value is -2.33. The average molecular weight is 284 g/mol.